The van der Waals surface area contributed by atoms with Crippen LogP contribution in [0.15, 0.2) is 35.3 Å². The van der Waals surface area contributed by atoms with E-state index in [9.17, 15) is 0 Å². The van der Waals surface area contributed by atoms with Crippen molar-refractivity contribution in [2.75, 3.05) is 32.9 Å². The number of benzene rings is 1. The molecule has 24 heavy (non-hydrogen) atoms. The van der Waals surface area contributed by atoms with Crippen LogP contribution in [0.3, 0.4) is 0 Å². The lowest BCUT2D eigenvalue weighted by Crippen LogP contribution is -2.48. The summed E-state index contributed by atoms with van der Waals surface area (Å²) in [6.45, 7) is 11.7. The van der Waals surface area contributed by atoms with Gasteiger partial charge < -0.3 is 13.3 Å². The number of hydrogen-bond donors (Lipinski definition) is 0. The number of hydrogen-bond acceptors (Lipinski definition) is 5. The van der Waals surface area contributed by atoms with Crippen molar-refractivity contribution in [2.24, 2.45) is 4.99 Å². The van der Waals surface area contributed by atoms with Gasteiger partial charge in [-0.15, -0.1) is 0 Å². The smallest absolute Gasteiger partial charge is 0.374 e. The van der Waals surface area contributed by atoms with Crippen molar-refractivity contribution in [3.63, 3.8) is 0 Å². The molecule has 1 aromatic rings. The molecule has 0 saturated heterocycles. The van der Waals surface area contributed by atoms with Crippen molar-refractivity contribution in [1.82, 2.24) is 4.90 Å². The third-order valence-electron chi connectivity index (χ3n) is 4.02. The van der Waals surface area contributed by atoms with Crippen molar-refractivity contribution in [3.8, 4) is 0 Å². The highest BCUT2D eigenvalue weighted by Crippen LogP contribution is 2.28. The Morgan fingerprint density at radius 2 is 1.62 bits per heavy atom. The molecule has 0 radical (unpaired) electrons. The quantitative estimate of drug-likeness (QED) is 0.606. The molecule has 5 nitrogen and oxygen atoms in total. The van der Waals surface area contributed by atoms with Gasteiger partial charge in [0.25, 0.3) is 0 Å². The number of nitrogens with zero attached hydrogens (tertiary/aromatic N) is 2. The second kappa shape index (κ2) is 9.44. The molecule has 0 aromatic heterocycles. The summed E-state index contributed by atoms with van der Waals surface area (Å²) < 4.78 is 17.9. The molecule has 0 amide bonds. The topological polar surface area (TPSA) is 43.3 Å². The van der Waals surface area contributed by atoms with Crippen molar-refractivity contribution in [3.05, 3.63) is 35.9 Å². The minimum Gasteiger partial charge on any atom is -0.374 e. The van der Waals surface area contributed by atoms with E-state index < -0.39 is 8.80 Å². The largest absolute Gasteiger partial charge is 0.502 e. The Hall–Kier alpha value is -1.05. The lowest BCUT2D eigenvalue weighted by Gasteiger charge is -2.31. The van der Waals surface area contributed by atoms with E-state index in [1.165, 1.54) is 11.3 Å². The van der Waals surface area contributed by atoms with Crippen LogP contribution < -0.4 is 0 Å². The van der Waals surface area contributed by atoms with Gasteiger partial charge in [-0.25, -0.2) is 0 Å². The van der Waals surface area contributed by atoms with E-state index in [0.29, 0.717) is 19.8 Å². The van der Waals surface area contributed by atoms with E-state index >= 15 is 0 Å². The first-order chi connectivity index (χ1) is 11.6. The van der Waals surface area contributed by atoms with Gasteiger partial charge in [0.15, 0.2) is 0 Å². The van der Waals surface area contributed by atoms with Crippen molar-refractivity contribution in [1.29, 1.82) is 0 Å². The molecule has 0 saturated carbocycles. The van der Waals surface area contributed by atoms with Gasteiger partial charge in [-0.1, -0.05) is 30.3 Å². The normalized spacial score (nSPS) is 18.8. The first kappa shape index (κ1) is 19.3. The Morgan fingerprint density at radius 3 is 2.17 bits per heavy atom. The van der Waals surface area contributed by atoms with Gasteiger partial charge in [0.05, 0.1) is 0 Å². The second-order valence-electron chi connectivity index (χ2n) is 5.85. The Balaban J connectivity index is 2.07. The van der Waals surface area contributed by atoms with Crippen molar-refractivity contribution >= 4 is 14.5 Å². The van der Waals surface area contributed by atoms with Crippen LogP contribution >= 0.6 is 0 Å². The second-order valence-corrected chi connectivity index (χ2v) is 8.58. The summed E-state index contributed by atoms with van der Waals surface area (Å²) in [6, 6.07) is 11.2. The predicted octanol–water partition coefficient (Wildman–Crippen LogP) is 3.51. The van der Waals surface area contributed by atoms with Crippen molar-refractivity contribution < 1.29 is 13.3 Å². The highest BCUT2D eigenvalue weighted by Gasteiger charge is 2.41. The average molecular weight is 351 g/mol. The van der Waals surface area contributed by atoms with E-state index in [-0.39, 0.29) is 6.17 Å². The van der Waals surface area contributed by atoms with Crippen LogP contribution in [0.5, 0.6) is 0 Å². The van der Waals surface area contributed by atoms with Crippen molar-refractivity contribution in [2.45, 2.75) is 39.9 Å². The molecule has 1 atom stereocenters. The summed E-state index contributed by atoms with van der Waals surface area (Å²) in [6.07, 6.45) is 0.0859. The van der Waals surface area contributed by atoms with E-state index in [4.69, 9.17) is 18.3 Å². The van der Waals surface area contributed by atoms with E-state index in [1.54, 1.807) is 0 Å². The molecule has 0 bridgehead atoms. The molecule has 1 aliphatic heterocycles. The Bertz CT molecular complexity index is 507. The van der Waals surface area contributed by atoms with Crippen LogP contribution in [-0.2, 0) is 13.3 Å². The van der Waals surface area contributed by atoms with Gasteiger partial charge >= 0.3 is 8.80 Å². The predicted molar refractivity (Wildman–Crippen MR) is 99.3 cm³/mol. The Morgan fingerprint density at radius 1 is 1.04 bits per heavy atom. The summed E-state index contributed by atoms with van der Waals surface area (Å²) in [5.41, 5.74) is 2.39. The molecule has 0 aliphatic carbocycles. The first-order valence-corrected chi connectivity index (χ1v) is 10.8. The number of aliphatic imine (C=N–C) groups is 1. The minimum absolute atomic E-state index is 0.0859. The SMILES string of the molecule is CCO[Si](CCN1CC(C)=NC1c1ccccc1)(OCC)OCC. The van der Waals surface area contributed by atoms with Gasteiger partial charge in [-0.2, -0.15) is 0 Å². The maximum Gasteiger partial charge on any atom is 0.502 e. The third kappa shape index (κ3) is 4.97. The fraction of sp³-hybridized carbons (Fsp3) is 0.611. The van der Waals surface area contributed by atoms with Crippen LogP contribution in [0.4, 0.5) is 0 Å². The lowest BCUT2D eigenvalue weighted by molar-refractivity contribution is 0.0675. The third-order valence-corrected chi connectivity index (χ3v) is 7.04. The molecular formula is C18H30N2O3Si. The zero-order valence-electron chi connectivity index (χ0n) is 15.3. The van der Waals surface area contributed by atoms with E-state index in [2.05, 4.69) is 36.1 Å². The Kier molecular flexibility index (Phi) is 7.58. The first-order valence-electron chi connectivity index (χ1n) is 8.88. The fourth-order valence-corrected chi connectivity index (χ4v) is 5.67. The molecule has 0 spiro atoms. The minimum atomic E-state index is -2.61. The van der Waals surface area contributed by atoms with Gasteiger partial charge in [0, 0.05) is 44.7 Å². The van der Waals surface area contributed by atoms with Crippen LogP contribution in [-0.4, -0.2) is 52.3 Å². The average Bonchev–Trinajstić information content (AvgIpc) is 2.95. The summed E-state index contributed by atoms with van der Waals surface area (Å²) in [7, 11) is -2.61. The molecule has 1 aromatic carbocycles. The summed E-state index contributed by atoms with van der Waals surface area (Å²) in [5.74, 6) is 0. The molecule has 134 valence electrons. The fourth-order valence-electron chi connectivity index (χ4n) is 3.11. The maximum absolute atomic E-state index is 5.97. The van der Waals surface area contributed by atoms with Gasteiger partial charge in [-0.3, -0.25) is 9.89 Å². The summed E-state index contributed by atoms with van der Waals surface area (Å²) in [4.78, 5) is 7.19. The molecule has 0 fully saturated rings. The summed E-state index contributed by atoms with van der Waals surface area (Å²) in [5, 5.41) is 0. The van der Waals surface area contributed by atoms with Crippen LogP contribution in [0.25, 0.3) is 0 Å². The zero-order chi connectivity index (χ0) is 17.4. The molecule has 6 heteroatoms. The highest BCUT2D eigenvalue weighted by molar-refractivity contribution is 6.60. The summed E-state index contributed by atoms with van der Waals surface area (Å²) >= 11 is 0. The Labute approximate surface area is 147 Å². The number of rotatable bonds is 10. The molecule has 0 N–H and O–H groups in total. The zero-order valence-corrected chi connectivity index (χ0v) is 16.3. The standard InChI is InChI=1S/C18H30N2O3Si/c1-5-21-24(22-6-2,23-7-3)14-13-20-15-16(4)19-18(20)17-11-9-8-10-12-17/h8-12,18H,5-7,13-15H2,1-4H3. The van der Waals surface area contributed by atoms with E-state index in [1.807, 2.05) is 26.8 Å². The molecule has 1 aliphatic rings. The maximum atomic E-state index is 5.97. The molecule has 1 heterocycles. The monoisotopic (exact) mass is 350 g/mol. The lowest BCUT2D eigenvalue weighted by atomic mass is 10.1. The van der Waals surface area contributed by atoms with Gasteiger partial charge in [0.1, 0.15) is 6.17 Å². The highest BCUT2D eigenvalue weighted by atomic mass is 28.4. The van der Waals surface area contributed by atoms with Gasteiger partial charge in [-0.05, 0) is 33.3 Å². The van der Waals surface area contributed by atoms with Crippen LogP contribution in [0.1, 0.15) is 39.4 Å². The molecule has 1 unspecified atom stereocenters. The molecular weight excluding hydrogens is 320 g/mol. The van der Waals surface area contributed by atoms with Gasteiger partial charge in [0.2, 0.25) is 0 Å². The van der Waals surface area contributed by atoms with Crippen LogP contribution in [0.2, 0.25) is 6.04 Å². The van der Waals surface area contributed by atoms with Crippen LogP contribution in [0, 0.1) is 0 Å². The molecule has 2 rings (SSSR count). The van der Waals surface area contributed by atoms with E-state index in [0.717, 1.165) is 19.1 Å².